The molecule has 4 rings (SSSR count). The molecule has 15 heteroatoms. The monoisotopic (exact) mass is 731 g/mol. The lowest BCUT2D eigenvalue weighted by Gasteiger charge is -2.24. The van der Waals surface area contributed by atoms with Crippen LogP contribution in [0.3, 0.4) is 0 Å². The summed E-state index contributed by atoms with van der Waals surface area (Å²) in [7, 11) is -4.70. The molecule has 14 nitrogen and oxygen atoms in total. The van der Waals surface area contributed by atoms with Gasteiger partial charge in [0.15, 0.2) is 5.82 Å². The number of nitrogens with zero attached hydrogens (tertiary/aromatic N) is 4. The van der Waals surface area contributed by atoms with E-state index in [0.717, 1.165) is 24.8 Å². The van der Waals surface area contributed by atoms with E-state index in [1.807, 2.05) is 36.4 Å². The molecule has 0 saturated carbocycles. The standard InChI is InChI=1S/C36H54N5O9P/c1-2-3-4-5-6-7-8-9-10-11-12-16-21-47-29(23-46-22-28-17-14-13-15-18-28)24-48-51(44,45)49-25-31-33(42)34(43)36(26-37,50-31)32-20-19-30-35(38)39-27-40-41(30)32/h13-15,17-20,27,29,31,33-34,42-43H,2-12,16,21-25H2,1H3,(H,44,45)(H2,38,39,40)/t29-,31-,33-,34-,36+/m1/s1. The molecule has 1 saturated heterocycles. The van der Waals surface area contributed by atoms with Crippen molar-refractivity contribution in [1.29, 1.82) is 5.26 Å². The summed E-state index contributed by atoms with van der Waals surface area (Å²) in [6, 6.07) is 14.6. The highest BCUT2D eigenvalue weighted by atomic mass is 31.2. The van der Waals surface area contributed by atoms with Crippen LogP contribution in [0.5, 0.6) is 0 Å². The fraction of sp³-hybridized carbons (Fsp3) is 0.639. The van der Waals surface area contributed by atoms with Crippen molar-refractivity contribution < 1.29 is 42.9 Å². The first-order chi connectivity index (χ1) is 24.7. The van der Waals surface area contributed by atoms with E-state index >= 15 is 0 Å². The summed E-state index contributed by atoms with van der Waals surface area (Å²) in [5.74, 6) is 0.137. The minimum Gasteiger partial charge on any atom is -0.387 e. The Hall–Kier alpha value is -2.96. The van der Waals surface area contributed by atoms with Gasteiger partial charge in [0.2, 0.25) is 5.60 Å². The Morgan fingerprint density at radius 3 is 2.31 bits per heavy atom. The van der Waals surface area contributed by atoms with Gasteiger partial charge >= 0.3 is 7.82 Å². The van der Waals surface area contributed by atoms with Gasteiger partial charge in [-0.15, -0.1) is 0 Å². The highest BCUT2D eigenvalue weighted by molar-refractivity contribution is 7.47. The van der Waals surface area contributed by atoms with E-state index in [4.69, 9.17) is 29.0 Å². The quantitative estimate of drug-likeness (QED) is 0.0621. The second kappa shape index (κ2) is 20.9. The Morgan fingerprint density at radius 2 is 1.65 bits per heavy atom. The van der Waals surface area contributed by atoms with Crippen LogP contribution in [0.1, 0.15) is 95.2 Å². The number of unbranched alkanes of at least 4 members (excludes halogenated alkanes) is 11. The maximum Gasteiger partial charge on any atom is 0.472 e. The third-order valence-electron chi connectivity index (χ3n) is 9.08. The van der Waals surface area contributed by atoms with Gasteiger partial charge in [-0.25, -0.2) is 14.1 Å². The lowest BCUT2D eigenvalue weighted by Crippen LogP contribution is -2.41. The molecule has 0 spiro atoms. The predicted molar refractivity (Wildman–Crippen MR) is 190 cm³/mol. The average Bonchev–Trinajstić information content (AvgIpc) is 3.68. The molecule has 5 N–H and O–H groups in total. The number of aromatic nitrogens is 3. The van der Waals surface area contributed by atoms with Gasteiger partial charge in [-0.2, -0.15) is 10.4 Å². The largest absolute Gasteiger partial charge is 0.472 e. The molecule has 282 valence electrons. The number of phosphoric ester groups is 1. The van der Waals surface area contributed by atoms with Crippen molar-refractivity contribution in [3.63, 3.8) is 0 Å². The third kappa shape index (κ3) is 12.0. The highest BCUT2D eigenvalue weighted by Crippen LogP contribution is 2.46. The fourth-order valence-electron chi connectivity index (χ4n) is 6.15. The summed E-state index contributed by atoms with van der Waals surface area (Å²) in [4.78, 5) is 14.4. The van der Waals surface area contributed by atoms with Crippen LogP contribution in [0.25, 0.3) is 5.52 Å². The number of anilines is 1. The highest BCUT2D eigenvalue weighted by Gasteiger charge is 2.58. The molecule has 3 aromatic rings. The van der Waals surface area contributed by atoms with E-state index in [1.165, 1.54) is 74.7 Å². The number of aliphatic hydroxyl groups excluding tert-OH is 2. The molecule has 1 unspecified atom stereocenters. The number of aliphatic hydroxyl groups is 2. The number of benzene rings is 1. The number of fused-ring (bicyclic) bond motifs is 1. The number of phosphoric acid groups is 1. The first-order valence-corrected chi connectivity index (χ1v) is 19.6. The zero-order chi connectivity index (χ0) is 36.5. The van der Waals surface area contributed by atoms with E-state index in [0.29, 0.717) is 18.7 Å². The van der Waals surface area contributed by atoms with Crippen LogP contribution < -0.4 is 5.73 Å². The lowest BCUT2D eigenvalue weighted by molar-refractivity contribution is -0.0684. The van der Waals surface area contributed by atoms with Gasteiger partial charge in [-0.1, -0.05) is 108 Å². The molecule has 6 atom stereocenters. The molecule has 51 heavy (non-hydrogen) atoms. The summed E-state index contributed by atoms with van der Waals surface area (Å²) in [6.07, 6.45) is 10.4. The number of rotatable bonds is 25. The Bertz CT molecular complexity index is 1540. The Kier molecular flexibility index (Phi) is 16.7. The van der Waals surface area contributed by atoms with E-state index in [-0.39, 0.29) is 24.7 Å². The van der Waals surface area contributed by atoms with Crippen molar-refractivity contribution in [1.82, 2.24) is 14.6 Å². The Morgan fingerprint density at radius 1 is 0.980 bits per heavy atom. The van der Waals surface area contributed by atoms with Gasteiger partial charge in [0, 0.05) is 6.61 Å². The minimum atomic E-state index is -4.70. The number of nitriles is 1. The van der Waals surface area contributed by atoms with Crippen LogP contribution in [0.2, 0.25) is 0 Å². The molecule has 1 aliphatic heterocycles. The molecule has 0 amide bonds. The van der Waals surface area contributed by atoms with Crippen LogP contribution in [0, 0.1) is 11.3 Å². The minimum absolute atomic E-state index is 0.0928. The van der Waals surface area contributed by atoms with Crippen molar-refractivity contribution in [2.24, 2.45) is 0 Å². The Balaban J connectivity index is 1.23. The van der Waals surface area contributed by atoms with Gasteiger partial charge in [0.25, 0.3) is 0 Å². The van der Waals surface area contributed by atoms with E-state index in [1.54, 1.807) is 6.07 Å². The van der Waals surface area contributed by atoms with Crippen LogP contribution in [0.15, 0.2) is 48.8 Å². The van der Waals surface area contributed by atoms with Crippen molar-refractivity contribution >= 4 is 19.2 Å². The Labute approximate surface area is 300 Å². The zero-order valence-electron chi connectivity index (χ0n) is 29.6. The van der Waals surface area contributed by atoms with Crippen molar-refractivity contribution in [2.75, 3.05) is 32.2 Å². The molecule has 1 fully saturated rings. The first kappa shape index (κ1) is 40.8. The maximum absolute atomic E-state index is 12.9. The molecule has 1 aliphatic rings. The number of ether oxygens (including phenoxy) is 3. The normalized spacial score (nSPS) is 22.2. The molecular formula is C36H54N5O9P. The number of nitrogen functional groups attached to an aromatic ring is 1. The molecule has 1 aromatic carbocycles. The number of hydrogen-bond donors (Lipinski definition) is 4. The predicted octanol–water partition coefficient (Wildman–Crippen LogP) is 5.59. The molecule has 0 radical (unpaired) electrons. The third-order valence-corrected chi connectivity index (χ3v) is 10.0. The van der Waals surface area contributed by atoms with Crippen molar-refractivity contribution in [3.8, 4) is 6.07 Å². The molecule has 3 heterocycles. The van der Waals surface area contributed by atoms with Crippen molar-refractivity contribution in [2.45, 2.75) is 121 Å². The number of hydrogen-bond acceptors (Lipinski definition) is 12. The lowest BCUT2D eigenvalue weighted by atomic mass is 9.92. The summed E-state index contributed by atoms with van der Waals surface area (Å²) in [6.45, 7) is 2.18. The molecular weight excluding hydrogens is 677 g/mol. The van der Waals surface area contributed by atoms with Gasteiger partial charge in [0.1, 0.15) is 42.3 Å². The van der Waals surface area contributed by atoms with E-state index in [2.05, 4.69) is 17.0 Å². The summed E-state index contributed by atoms with van der Waals surface area (Å²) in [5.41, 5.74) is 5.26. The molecule has 0 aliphatic carbocycles. The SMILES string of the molecule is CCCCCCCCCCCCCCO[C@H](COCc1ccccc1)COP(=O)(O)OC[C@H]1O[C@@](C#N)(c2ccc3c(N)ncnn23)[C@H](O)[C@@H]1O. The van der Waals surface area contributed by atoms with Gasteiger partial charge in [-0.05, 0) is 24.1 Å². The maximum atomic E-state index is 12.9. The van der Waals surface area contributed by atoms with E-state index < -0.39 is 44.4 Å². The van der Waals surface area contributed by atoms with Crippen molar-refractivity contribution in [3.05, 3.63) is 60.0 Å². The second-order valence-corrected chi connectivity index (χ2v) is 14.5. The molecule has 0 bridgehead atoms. The summed E-state index contributed by atoms with van der Waals surface area (Å²) >= 11 is 0. The van der Waals surface area contributed by atoms with Gasteiger partial charge in [0.05, 0.1) is 32.1 Å². The fourth-order valence-corrected chi connectivity index (χ4v) is 6.92. The second-order valence-electron chi connectivity index (χ2n) is 13.0. The van der Waals surface area contributed by atoms with Crippen LogP contribution >= 0.6 is 7.82 Å². The topological polar surface area (TPSA) is 204 Å². The smallest absolute Gasteiger partial charge is 0.387 e. The van der Waals surface area contributed by atoms with Crippen LogP contribution in [-0.4, -0.2) is 80.5 Å². The first-order valence-electron chi connectivity index (χ1n) is 18.1. The summed E-state index contributed by atoms with van der Waals surface area (Å²) in [5, 5.41) is 35.9. The van der Waals surface area contributed by atoms with Crippen LogP contribution in [0.4, 0.5) is 5.82 Å². The zero-order valence-corrected chi connectivity index (χ0v) is 30.4. The van der Waals surface area contributed by atoms with Gasteiger partial charge in [-0.3, -0.25) is 9.05 Å². The van der Waals surface area contributed by atoms with Crippen LogP contribution in [-0.2, 0) is 40.0 Å². The average molecular weight is 732 g/mol. The van der Waals surface area contributed by atoms with Gasteiger partial charge < -0.3 is 35.1 Å². The number of nitrogens with two attached hydrogens (primary N) is 1. The summed E-state index contributed by atoms with van der Waals surface area (Å²) < 4.78 is 42.3. The molecule has 2 aromatic heterocycles. The van der Waals surface area contributed by atoms with E-state index in [9.17, 15) is 24.9 Å².